The summed E-state index contributed by atoms with van der Waals surface area (Å²) in [5.74, 6) is -1.87. The molecule has 0 aliphatic carbocycles. The third-order valence-electron chi connectivity index (χ3n) is 2.14. The molecule has 26 heavy (non-hydrogen) atoms. The minimum absolute atomic E-state index is 0.0557. The van der Waals surface area contributed by atoms with Crippen LogP contribution < -0.4 is 0 Å². The zero-order valence-corrected chi connectivity index (χ0v) is 15.9. The molecule has 9 heteroatoms. The highest BCUT2D eigenvalue weighted by Crippen LogP contribution is 1.82. The number of hydrogen-bond donors (Lipinski definition) is 3. The molecule has 0 saturated carbocycles. The van der Waals surface area contributed by atoms with Crippen LogP contribution in [0.15, 0.2) is 24.3 Å². The molecular formula is C17H32O9. The van der Waals surface area contributed by atoms with Crippen LogP contribution in [0.5, 0.6) is 0 Å². The van der Waals surface area contributed by atoms with Gasteiger partial charge in [-0.1, -0.05) is 13.2 Å². The highest BCUT2D eigenvalue weighted by Gasteiger charge is 1.91. The number of carboxylic acids is 2. The molecule has 0 amide bonds. The molecule has 0 aliphatic rings. The maximum atomic E-state index is 9.60. The zero-order valence-electron chi connectivity index (χ0n) is 15.9. The van der Waals surface area contributed by atoms with E-state index in [1.807, 2.05) is 0 Å². The van der Waals surface area contributed by atoms with Gasteiger partial charge in [0, 0.05) is 18.3 Å². The van der Waals surface area contributed by atoms with E-state index in [9.17, 15) is 9.59 Å². The fourth-order valence-corrected chi connectivity index (χ4v) is 0.749. The number of aliphatic carboxylic acids is 2. The summed E-state index contributed by atoms with van der Waals surface area (Å²) >= 11 is 0. The largest absolute Gasteiger partial charge is 0.478 e. The molecule has 0 bridgehead atoms. The van der Waals surface area contributed by atoms with Gasteiger partial charge in [0.05, 0.1) is 52.9 Å². The molecular weight excluding hydrogens is 348 g/mol. The van der Waals surface area contributed by atoms with E-state index >= 15 is 0 Å². The average molecular weight is 380 g/mol. The van der Waals surface area contributed by atoms with Crippen LogP contribution in [0.2, 0.25) is 0 Å². The lowest BCUT2D eigenvalue weighted by atomic mass is 10.4. The first-order valence-electron chi connectivity index (χ1n) is 7.81. The van der Waals surface area contributed by atoms with Crippen LogP contribution in [0.25, 0.3) is 0 Å². The number of hydrogen-bond acceptors (Lipinski definition) is 7. The van der Waals surface area contributed by atoms with Crippen LogP contribution in [-0.2, 0) is 28.5 Å². The van der Waals surface area contributed by atoms with Crippen molar-refractivity contribution in [2.75, 3.05) is 60.0 Å². The molecule has 0 aromatic heterocycles. The molecule has 0 fully saturated rings. The summed E-state index contributed by atoms with van der Waals surface area (Å²) < 4.78 is 20.2. The number of rotatable bonds is 13. The van der Waals surface area contributed by atoms with E-state index in [0.29, 0.717) is 46.2 Å². The van der Waals surface area contributed by atoms with Gasteiger partial charge in [-0.15, -0.1) is 0 Å². The first-order chi connectivity index (χ1) is 12.2. The van der Waals surface area contributed by atoms with Crippen molar-refractivity contribution in [3.05, 3.63) is 24.3 Å². The summed E-state index contributed by atoms with van der Waals surface area (Å²) in [7, 11) is 1.64. The Balaban J connectivity index is -0.000000364. The van der Waals surface area contributed by atoms with E-state index in [1.165, 1.54) is 13.8 Å². The molecule has 0 aliphatic heterocycles. The Labute approximate surface area is 154 Å². The van der Waals surface area contributed by atoms with E-state index in [1.54, 1.807) is 7.11 Å². The van der Waals surface area contributed by atoms with Gasteiger partial charge < -0.3 is 34.3 Å². The van der Waals surface area contributed by atoms with Gasteiger partial charge >= 0.3 is 11.9 Å². The monoisotopic (exact) mass is 380 g/mol. The lowest BCUT2D eigenvalue weighted by Gasteiger charge is -2.05. The maximum Gasteiger partial charge on any atom is 0.330 e. The standard InChI is InChI=1S/C9H20O5.2C4H6O2/c1-11-4-5-13-8-9-14-7-6-12-3-2-10;2*1-3(2)4(5)6/h10H,2-9H2,1H3;2*1H2,2H3,(H,5,6). The number of carbonyl (C=O) groups is 2. The summed E-state index contributed by atoms with van der Waals surface area (Å²) in [6.07, 6.45) is 0. The minimum Gasteiger partial charge on any atom is -0.478 e. The third-order valence-corrected chi connectivity index (χ3v) is 2.14. The summed E-state index contributed by atoms with van der Waals surface area (Å²) in [6.45, 7) is 13.0. The van der Waals surface area contributed by atoms with Crippen molar-refractivity contribution >= 4 is 11.9 Å². The quantitative estimate of drug-likeness (QED) is 0.316. The molecule has 0 aromatic rings. The molecule has 3 N–H and O–H groups in total. The van der Waals surface area contributed by atoms with Crippen LogP contribution in [0.4, 0.5) is 0 Å². The van der Waals surface area contributed by atoms with Gasteiger partial charge in [-0.2, -0.15) is 0 Å². The van der Waals surface area contributed by atoms with Gasteiger partial charge in [0.15, 0.2) is 0 Å². The summed E-state index contributed by atoms with van der Waals surface area (Å²) in [4.78, 5) is 19.2. The first kappa shape index (κ1) is 29.0. The van der Waals surface area contributed by atoms with Crippen LogP contribution in [-0.4, -0.2) is 87.2 Å². The molecule has 0 rings (SSSR count). The van der Waals surface area contributed by atoms with Crippen molar-refractivity contribution in [2.45, 2.75) is 13.8 Å². The lowest BCUT2D eigenvalue weighted by molar-refractivity contribution is -0.133. The molecule has 0 spiro atoms. The molecule has 0 heterocycles. The Bertz CT molecular complexity index is 320. The average Bonchev–Trinajstić information content (AvgIpc) is 2.57. The van der Waals surface area contributed by atoms with E-state index < -0.39 is 11.9 Å². The number of aliphatic hydroxyl groups excluding tert-OH is 1. The van der Waals surface area contributed by atoms with E-state index in [2.05, 4.69) is 13.2 Å². The Morgan fingerprint density at radius 2 is 1.00 bits per heavy atom. The van der Waals surface area contributed by atoms with Crippen molar-refractivity contribution < 1.29 is 43.9 Å². The maximum absolute atomic E-state index is 9.60. The van der Waals surface area contributed by atoms with Crippen molar-refractivity contribution in [3.63, 3.8) is 0 Å². The van der Waals surface area contributed by atoms with Gasteiger partial charge in [-0.3, -0.25) is 0 Å². The zero-order chi connectivity index (χ0) is 20.8. The molecule has 0 saturated heterocycles. The second kappa shape index (κ2) is 23.2. The van der Waals surface area contributed by atoms with Crippen molar-refractivity contribution in [2.24, 2.45) is 0 Å². The number of methoxy groups -OCH3 is 1. The van der Waals surface area contributed by atoms with Crippen LogP contribution >= 0.6 is 0 Å². The van der Waals surface area contributed by atoms with Crippen LogP contribution in [0, 0.1) is 0 Å². The number of ether oxygens (including phenoxy) is 4. The predicted molar refractivity (Wildman–Crippen MR) is 96.3 cm³/mol. The lowest BCUT2D eigenvalue weighted by Crippen LogP contribution is -2.12. The van der Waals surface area contributed by atoms with Gasteiger partial charge in [-0.05, 0) is 13.8 Å². The molecule has 0 radical (unpaired) electrons. The first-order valence-corrected chi connectivity index (χ1v) is 7.81. The smallest absolute Gasteiger partial charge is 0.330 e. The van der Waals surface area contributed by atoms with Gasteiger partial charge in [0.1, 0.15) is 0 Å². The van der Waals surface area contributed by atoms with Crippen LogP contribution in [0.3, 0.4) is 0 Å². The highest BCUT2D eigenvalue weighted by atomic mass is 16.6. The normalized spacial score (nSPS) is 9.23. The van der Waals surface area contributed by atoms with Crippen molar-refractivity contribution in [1.82, 2.24) is 0 Å². The number of carboxylic acid groups (broad SMARTS) is 2. The van der Waals surface area contributed by atoms with Crippen LogP contribution in [0.1, 0.15) is 13.8 Å². The summed E-state index contributed by atoms with van der Waals surface area (Å²) in [5.41, 5.74) is 0.352. The number of aliphatic hydroxyl groups is 1. The molecule has 154 valence electrons. The summed E-state index contributed by atoms with van der Waals surface area (Å²) in [5, 5.41) is 24.2. The van der Waals surface area contributed by atoms with Gasteiger partial charge in [-0.25, -0.2) is 9.59 Å². The van der Waals surface area contributed by atoms with E-state index in [-0.39, 0.29) is 17.8 Å². The van der Waals surface area contributed by atoms with Gasteiger partial charge in [0.2, 0.25) is 0 Å². The Hall–Kier alpha value is -1.78. The molecule has 0 atom stereocenters. The predicted octanol–water partition coefficient (Wildman–Crippen LogP) is 0.969. The minimum atomic E-state index is -0.935. The van der Waals surface area contributed by atoms with E-state index in [0.717, 1.165) is 0 Å². The topological polar surface area (TPSA) is 132 Å². The molecule has 9 nitrogen and oxygen atoms in total. The molecule has 0 unspecified atom stereocenters. The Morgan fingerprint density at radius 1 is 0.731 bits per heavy atom. The fraction of sp³-hybridized carbons (Fsp3) is 0.647. The Kier molecular flexibility index (Phi) is 25.9. The third kappa shape index (κ3) is 33.7. The van der Waals surface area contributed by atoms with Crippen molar-refractivity contribution in [1.29, 1.82) is 0 Å². The fourth-order valence-electron chi connectivity index (χ4n) is 0.749. The molecule has 0 aromatic carbocycles. The highest BCUT2D eigenvalue weighted by molar-refractivity contribution is 5.85. The van der Waals surface area contributed by atoms with Crippen molar-refractivity contribution in [3.8, 4) is 0 Å². The summed E-state index contributed by atoms with van der Waals surface area (Å²) in [6, 6.07) is 0. The van der Waals surface area contributed by atoms with E-state index in [4.69, 9.17) is 34.3 Å². The Morgan fingerprint density at radius 3 is 1.23 bits per heavy atom. The van der Waals surface area contributed by atoms with Gasteiger partial charge in [0.25, 0.3) is 0 Å². The SMILES string of the molecule is C=C(C)C(=O)O.C=C(C)C(=O)O.COCCOCCOCCOCCO. The second-order valence-electron chi connectivity index (χ2n) is 4.72. The second-order valence-corrected chi connectivity index (χ2v) is 4.72.